The highest BCUT2D eigenvalue weighted by molar-refractivity contribution is 5.81. The van der Waals surface area contributed by atoms with Gasteiger partial charge in [-0.1, -0.05) is 35.9 Å². The summed E-state index contributed by atoms with van der Waals surface area (Å²) in [6.07, 6.45) is 3.57. The van der Waals surface area contributed by atoms with Gasteiger partial charge in [0.15, 0.2) is 0 Å². The Hall–Kier alpha value is -1.96. The Morgan fingerprint density at radius 1 is 1.17 bits per heavy atom. The minimum Gasteiger partial charge on any atom is -0.299 e. The van der Waals surface area contributed by atoms with Crippen molar-refractivity contribution in [1.29, 1.82) is 0 Å². The molecule has 0 unspecified atom stereocenters. The lowest BCUT2D eigenvalue weighted by molar-refractivity contribution is -0.118. The topological polar surface area (TPSA) is 30.0 Å². The first kappa shape index (κ1) is 12.5. The molecule has 0 saturated heterocycles. The van der Waals surface area contributed by atoms with E-state index >= 15 is 0 Å². The molecule has 2 rings (SSSR count). The largest absolute Gasteiger partial charge is 0.299 e. The van der Waals surface area contributed by atoms with Gasteiger partial charge >= 0.3 is 0 Å². The monoisotopic (exact) mass is 239 g/mol. The number of Topliss-reactive ketones (excluding diaryl/α,β-unsaturated/α-hetero) is 1. The third-order valence-corrected chi connectivity index (χ3v) is 2.87. The fraction of sp³-hybridized carbons (Fsp3) is 0.250. The molecule has 0 aliphatic rings. The zero-order valence-electron chi connectivity index (χ0n) is 10.6. The molecule has 2 aromatic rings. The summed E-state index contributed by atoms with van der Waals surface area (Å²) >= 11 is 0. The highest BCUT2D eigenvalue weighted by Crippen LogP contribution is 2.07. The summed E-state index contributed by atoms with van der Waals surface area (Å²) in [6.45, 7) is 2.04. The Kier molecular flexibility index (Phi) is 4.24. The maximum Gasteiger partial charge on any atom is 0.137 e. The van der Waals surface area contributed by atoms with E-state index in [1.807, 2.05) is 43.3 Å². The van der Waals surface area contributed by atoms with E-state index in [9.17, 15) is 4.79 Å². The van der Waals surface area contributed by atoms with Crippen LogP contribution in [0.2, 0.25) is 0 Å². The smallest absolute Gasteiger partial charge is 0.137 e. The standard InChI is InChI=1S/C16H17NO/c1-13-5-4-6-14(11-13)12-16(18)9-8-15-7-2-3-10-17-15/h2-7,10-11H,8-9,12H2,1H3. The molecule has 0 bridgehead atoms. The van der Waals surface area contributed by atoms with E-state index in [-0.39, 0.29) is 5.78 Å². The van der Waals surface area contributed by atoms with Crippen LogP contribution >= 0.6 is 0 Å². The lowest BCUT2D eigenvalue weighted by Crippen LogP contribution is -2.05. The van der Waals surface area contributed by atoms with Crippen molar-refractivity contribution in [1.82, 2.24) is 4.98 Å². The summed E-state index contributed by atoms with van der Waals surface area (Å²) in [5.41, 5.74) is 3.28. The van der Waals surface area contributed by atoms with Gasteiger partial charge in [0.05, 0.1) is 0 Å². The number of ketones is 1. The molecule has 0 N–H and O–H groups in total. The van der Waals surface area contributed by atoms with Crippen molar-refractivity contribution in [3.05, 3.63) is 65.5 Å². The fourth-order valence-electron chi connectivity index (χ4n) is 1.95. The molecule has 0 atom stereocenters. The number of carbonyl (C=O) groups is 1. The quantitative estimate of drug-likeness (QED) is 0.802. The number of benzene rings is 1. The lowest BCUT2D eigenvalue weighted by Gasteiger charge is -2.02. The van der Waals surface area contributed by atoms with E-state index in [1.165, 1.54) is 5.56 Å². The highest BCUT2D eigenvalue weighted by Gasteiger charge is 2.05. The zero-order chi connectivity index (χ0) is 12.8. The number of hydrogen-bond acceptors (Lipinski definition) is 2. The van der Waals surface area contributed by atoms with Crippen LogP contribution in [0.1, 0.15) is 23.2 Å². The molecule has 2 heteroatoms. The SMILES string of the molecule is Cc1cccc(CC(=O)CCc2ccccn2)c1. The summed E-state index contributed by atoms with van der Waals surface area (Å²) in [4.78, 5) is 16.1. The zero-order valence-corrected chi connectivity index (χ0v) is 10.6. The van der Waals surface area contributed by atoms with Crippen molar-refractivity contribution in [2.75, 3.05) is 0 Å². The Morgan fingerprint density at radius 2 is 2.06 bits per heavy atom. The molecule has 18 heavy (non-hydrogen) atoms. The summed E-state index contributed by atoms with van der Waals surface area (Å²) in [7, 11) is 0. The Labute approximate surface area is 108 Å². The molecule has 0 fully saturated rings. The summed E-state index contributed by atoms with van der Waals surface area (Å²) in [6, 6.07) is 13.9. The molecule has 0 radical (unpaired) electrons. The van der Waals surface area contributed by atoms with Gasteiger partial charge in [-0.2, -0.15) is 0 Å². The lowest BCUT2D eigenvalue weighted by atomic mass is 10.0. The molecule has 2 nitrogen and oxygen atoms in total. The van der Waals surface area contributed by atoms with E-state index in [0.29, 0.717) is 12.8 Å². The van der Waals surface area contributed by atoms with E-state index in [4.69, 9.17) is 0 Å². The van der Waals surface area contributed by atoms with Crippen LogP contribution in [0.4, 0.5) is 0 Å². The molecule has 1 heterocycles. The van der Waals surface area contributed by atoms with Crippen LogP contribution in [0.15, 0.2) is 48.7 Å². The highest BCUT2D eigenvalue weighted by atomic mass is 16.1. The molecule has 0 spiro atoms. The van der Waals surface area contributed by atoms with Crippen molar-refractivity contribution in [3.63, 3.8) is 0 Å². The average Bonchev–Trinajstić information content (AvgIpc) is 2.38. The van der Waals surface area contributed by atoms with E-state index < -0.39 is 0 Å². The predicted molar refractivity (Wildman–Crippen MR) is 72.4 cm³/mol. The van der Waals surface area contributed by atoms with Crippen molar-refractivity contribution in [2.45, 2.75) is 26.2 Å². The average molecular weight is 239 g/mol. The van der Waals surface area contributed by atoms with Gasteiger partial charge in [-0.15, -0.1) is 0 Å². The van der Waals surface area contributed by atoms with Crippen molar-refractivity contribution in [3.8, 4) is 0 Å². The minimum absolute atomic E-state index is 0.270. The number of aromatic nitrogens is 1. The van der Waals surface area contributed by atoms with Crippen LogP contribution in [0, 0.1) is 6.92 Å². The molecule has 92 valence electrons. The number of hydrogen-bond donors (Lipinski definition) is 0. The molecule has 1 aromatic carbocycles. The van der Waals surface area contributed by atoms with Crippen molar-refractivity contribution >= 4 is 5.78 Å². The Morgan fingerprint density at radius 3 is 2.78 bits per heavy atom. The summed E-state index contributed by atoms with van der Waals surface area (Å²) < 4.78 is 0. The Bertz CT molecular complexity index is 520. The van der Waals surface area contributed by atoms with Gasteiger partial charge in [-0.05, 0) is 31.0 Å². The predicted octanol–water partition coefficient (Wildman–Crippen LogP) is 3.13. The second kappa shape index (κ2) is 6.10. The van der Waals surface area contributed by atoms with Crippen molar-refractivity contribution in [2.24, 2.45) is 0 Å². The molecule has 0 saturated carbocycles. The maximum atomic E-state index is 11.9. The van der Waals surface area contributed by atoms with Gasteiger partial charge < -0.3 is 0 Å². The van der Waals surface area contributed by atoms with Gasteiger partial charge in [0, 0.05) is 24.7 Å². The normalized spacial score (nSPS) is 10.3. The molecular weight excluding hydrogens is 222 g/mol. The summed E-state index contributed by atoms with van der Waals surface area (Å²) in [5.74, 6) is 0.270. The second-order valence-corrected chi connectivity index (χ2v) is 4.53. The number of rotatable bonds is 5. The maximum absolute atomic E-state index is 11.9. The van der Waals surface area contributed by atoms with E-state index in [1.54, 1.807) is 6.20 Å². The van der Waals surface area contributed by atoms with Gasteiger partial charge in [-0.25, -0.2) is 0 Å². The Balaban J connectivity index is 1.86. The van der Waals surface area contributed by atoms with Gasteiger partial charge in [-0.3, -0.25) is 9.78 Å². The molecule has 0 aliphatic heterocycles. The molecule has 0 aliphatic carbocycles. The van der Waals surface area contributed by atoms with Crippen LogP contribution in [-0.2, 0) is 17.6 Å². The number of pyridine rings is 1. The minimum atomic E-state index is 0.270. The van der Waals surface area contributed by atoms with E-state index in [2.05, 4.69) is 11.1 Å². The van der Waals surface area contributed by atoms with Gasteiger partial charge in [0.1, 0.15) is 5.78 Å². The number of carbonyl (C=O) groups excluding carboxylic acids is 1. The molecular formula is C16H17NO. The van der Waals surface area contributed by atoms with E-state index in [0.717, 1.165) is 17.7 Å². The number of aryl methyl sites for hydroxylation is 2. The summed E-state index contributed by atoms with van der Waals surface area (Å²) in [5, 5.41) is 0. The second-order valence-electron chi connectivity index (χ2n) is 4.53. The van der Waals surface area contributed by atoms with Crippen LogP contribution in [0.3, 0.4) is 0 Å². The first-order chi connectivity index (χ1) is 8.74. The van der Waals surface area contributed by atoms with Crippen LogP contribution in [-0.4, -0.2) is 10.8 Å². The first-order valence-electron chi connectivity index (χ1n) is 6.21. The first-order valence-corrected chi connectivity index (χ1v) is 6.21. The molecule has 0 amide bonds. The van der Waals surface area contributed by atoms with Crippen molar-refractivity contribution < 1.29 is 4.79 Å². The van der Waals surface area contributed by atoms with Gasteiger partial charge in [0.2, 0.25) is 0 Å². The number of nitrogens with zero attached hydrogens (tertiary/aromatic N) is 1. The fourth-order valence-corrected chi connectivity index (χ4v) is 1.95. The molecule has 1 aromatic heterocycles. The third kappa shape index (κ3) is 3.81. The van der Waals surface area contributed by atoms with Crippen LogP contribution < -0.4 is 0 Å². The van der Waals surface area contributed by atoms with Crippen LogP contribution in [0.25, 0.3) is 0 Å². The third-order valence-electron chi connectivity index (χ3n) is 2.87. The van der Waals surface area contributed by atoms with Gasteiger partial charge in [0.25, 0.3) is 0 Å². The van der Waals surface area contributed by atoms with Crippen LogP contribution in [0.5, 0.6) is 0 Å².